The fourth-order valence-electron chi connectivity index (χ4n) is 6.47. The molecular formula is C31H36BN5O2. The molecule has 2 unspecified atom stereocenters. The van der Waals surface area contributed by atoms with Crippen LogP contribution in [0.4, 0.5) is 5.82 Å². The third-order valence-electron chi connectivity index (χ3n) is 8.53. The molecule has 2 N–H and O–H groups in total. The molecule has 200 valence electrons. The average molecular weight is 521 g/mol. The lowest BCUT2D eigenvalue weighted by Gasteiger charge is -2.37. The number of fused-ring (bicyclic) bond motifs is 1. The van der Waals surface area contributed by atoms with E-state index in [2.05, 4.69) is 39.6 Å². The minimum absolute atomic E-state index is 0.0339. The quantitative estimate of drug-likeness (QED) is 0.360. The summed E-state index contributed by atoms with van der Waals surface area (Å²) < 4.78 is 1.83. The van der Waals surface area contributed by atoms with Crippen molar-refractivity contribution in [3.8, 4) is 17.0 Å². The standard InChI is InChI=1S/C31H36BN5O2/c32-25-19-34-37-28(17-26(35-30(25)37)24-14-6-7-15-27(24)38)33-18-21-9-8-16-36(20-21)31(39)29(23-12-4-5-13-23)22-10-2-1-3-11-22/h1-3,6-7,10-11,14-15,17,19,21,23,29,33,38H,4-5,8-9,12-13,16,18,20,32H2. The van der Waals surface area contributed by atoms with E-state index in [0.29, 0.717) is 29.0 Å². The van der Waals surface area contributed by atoms with E-state index < -0.39 is 0 Å². The van der Waals surface area contributed by atoms with Crippen LogP contribution in [0.25, 0.3) is 16.9 Å². The van der Waals surface area contributed by atoms with Gasteiger partial charge in [-0.15, -0.1) is 0 Å². The Morgan fingerprint density at radius 3 is 2.62 bits per heavy atom. The minimum atomic E-state index is -0.0339. The van der Waals surface area contributed by atoms with Crippen molar-refractivity contribution in [2.45, 2.75) is 44.4 Å². The fraction of sp³-hybridized carbons (Fsp3) is 0.387. The molecule has 1 aliphatic heterocycles. The number of rotatable bonds is 7. The van der Waals surface area contributed by atoms with Crippen LogP contribution >= 0.6 is 0 Å². The van der Waals surface area contributed by atoms with Gasteiger partial charge in [-0.2, -0.15) is 9.61 Å². The molecule has 39 heavy (non-hydrogen) atoms. The number of amides is 1. The van der Waals surface area contributed by atoms with E-state index in [0.717, 1.165) is 62.2 Å². The Bertz CT molecular complexity index is 1450. The van der Waals surface area contributed by atoms with Gasteiger partial charge in [-0.25, -0.2) is 4.98 Å². The topological polar surface area (TPSA) is 82.8 Å². The van der Waals surface area contributed by atoms with Crippen LogP contribution < -0.4 is 10.8 Å². The van der Waals surface area contributed by atoms with E-state index in [1.807, 2.05) is 48.9 Å². The number of benzene rings is 2. The van der Waals surface area contributed by atoms with Crippen molar-refractivity contribution in [1.29, 1.82) is 0 Å². The third-order valence-corrected chi connectivity index (χ3v) is 8.53. The van der Waals surface area contributed by atoms with E-state index in [4.69, 9.17) is 4.98 Å². The molecule has 6 rings (SSSR count). The van der Waals surface area contributed by atoms with E-state index in [9.17, 15) is 9.90 Å². The molecular weight excluding hydrogens is 485 g/mol. The number of hydrogen-bond donors (Lipinski definition) is 2. The third kappa shape index (κ3) is 5.25. The number of aromatic hydroxyl groups is 1. The van der Waals surface area contributed by atoms with E-state index in [1.165, 1.54) is 18.4 Å². The smallest absolute Gasteiger partial charge is 0.230 e. The Morgan fingerprint density at radius 1 is 1.05 bits per heavy atom. The molecule has 1 saturated heterocycles. The molecule has 2 aromatic heterocycles. The molecule has 0 spiro atoms. The first-order valence-electron chi connectivity index (χ1n) is 14.3. The van der Waals surface area contributed by atoms with Gasteiger partial charge in [0.25, 0.3) is 0 Å². The zero-order chi connectivity index (χ0) is 26.8. The molecule has 2 atom stereocenters. The molecule has 2 fully saturated rings. The van der Waals surface area contributed by atoms with Gasteiger partial charge in [0.1, 0.15) is 19.4 Å². The van der Waals surface area contributed by atoms with Gasteiger partial charge in [-0.1, -0.05) is 55.3 Å². The van der Waals surface area contributed by atoms with Gasteiger partial charge in [0.15, 0.2) is 5.65 Å². The highest BCUT2D eigenvalue weighted by atomic mass is 16.3. The monoisotopic (exact) mass is 521 g/mol. The number of nitrogens with one attached hydrogen (secondary N) is 1. The highest BCUT2D eigenvalue weighted by Gasteiger charge is 2.36. The maximum Gasteiger partial charge on any atom is 0.230 e. The first-order chi connectivity index (χ1) is 19.1. The zero-order valence-corrected chi connectivity index (χ0v) is 22.6. The van der Waals surface area contributed by atoms with Crippen LogP contribution in [-0.2, 0) is 4.79 Å². The number of hydrogen-bond acceptors (Lipinski definition) is 5. The van der Waals surface area contributed by atoms with Crippen LogP contribution in [0.5, 0.6) is 5.75 Å². The number of nitrogens with zero attached hydrogens (tertiary/aromatic N) is 4. The minimum Gasteiger partial charge on any atom is -0.507 e. The number of piperidine rings is 1. The number of phenolic OH excluding ortho intramolecular Hbond substituents is 1. The summed E-state index contributed by atoms with van der Waals surface area (Å²) >= 11 is 0. The molecule has 8 heteroatoms. The van der Waals surface area contributed by atoms with Gasteiger partial charge < -0.3 is 15.3 Å². The van der Waals surface area contributed by atoms with Gasteiger partial charge in [0.05, 0.1) is 11.6 Å². The van der Waals surface area contributed by atoms with Crippen molar-refractivity contribution in [3.63, 3.8) is 0 Å². The maximum absolute atomic E-state index is 14.0. The normalized spacial score (nSPS) is 18.9. The number of anilines is 1. The van der Waals surface area contributed by atoms with E-state index in [1.54, 1.807) is 6.07 Å². The van der Waals surface area contributed by atoms with Crippen LogP contribution in [0.15, 0.2) is 66.9 Å². The number of likely N-dealkylation sites (tertiary alicyclic amines) is 1. The van der Waals surface area contributed by atoms with Crippen LogP contribution in [0.3, 0.4) is 0 Å². The Hall–Kier alpha value is -3.81. The zero-order valence-electron chi connectivity index (χ0n) is 22.6. The lowest BCUT2D eigenvalue weighted by molar-refractivity contribution is -0.135. The Morgan fingerprint density at radius 2 is 1.82 bits per heavy atom. The fourth-order valence-corrected chi connectivity index (χ4v) is 6.47. The first-order valence-corrected chi connectivity index (χ1v) is 14.3. The van der Waals surface area contributed by atoms with Crippen LogP contribution in [0.1, 0.15) is 50.0 Å². The van der Waals surface area contributed by atoms with Crippen molar-refractivity contribution >= 4 is 30.7 Å². The van der Waals surface area contributed by atoms with Gasteiger partial charge in [-0.3, -0.25) is 4.79 Å². The predicted molar refractivity (Wildman–Crippen MR) is 157 cm³/mol. The van der Waals surface area contributed by atoms with Crippen molar-refractivity contribution in [3.05, 3.63) is 72.4 Å². The summed E-state index contributed by atoms with van der Waals surface area (Å²) in [6.07, 6.45) is 8.65. The number of carbonyl (C=O) groups is 1. The molecule has 2 aromatic carbocycles. The highest BCUT2D eigenvalue weighted by molar-refractivity contribution is 6.36. The molecule has 7 nitrogen and oxygen atoms in total. The summed E-state index contributed by atoms with van der Waals surface area (Å²) in [6, 6.07) is 19.6. The number of para-hydroxylation sites is 1. The van der Waals surface area contributed by atoms with Gasteiger partial charge in [0, 0.05) is 37.5 Å². The Labute approximate surface area is 230 Å². The number of phenols is 1. The molecule has 0 bridgehead atoms. The lowest BCUT2D eigenvalue weighted by Crippen LogP contribution is -2.45. The van der Waals surface area contributed by atoms with Gasteiger partial charge in [0.2, 0.25) is 5.91 Å². The van der Waals surface area contributed by atoms with Crippen molar-refractivity contribution in [2.75, 3.05) is 25.0 Å². The summed E-state index contributed by atoms with van der Waals surface area (Å²) in [4.78, 5) is 20.9. The average Bonchev–Trinajstić information content (AvgIpc) is 3.63. The molecule has 2 aliphatic rings. The van der Waals surface area contributed by atoms with Crippen molar-refractivity contribution < 1.29 is 9.90 Å². The molecule has 0 radical (unpaired) electrons. The summed E-state index contributed by atoms with van der Waals surface area (Å²) in [5.41, 5.74) is 4.30. The van der Waals surface area contributed by atoms with Gasteiger partial charge >= 0.3 is 0 Å². The van der Waals surface area contributed by atoms with Crippen LogP contribution in [-0.4, -0.2) is 58.0 Å². The lowest BCUT2D eigenvalue weighted by atomic mass is 9.83. The summed E-state index contributed by atoms with van der Waals surface area (Å²) in [5, 5.41) is 18.6. The number of aromatic nitrogens is 3. The van der Waals surface area contributed by atoms with E-state index in [-0.39, 0.29) is 11.7 Å². The second-order valence-electron chi connectivity index (χ2n) is 11.2. The van der Waals surface area contributed by atoms with Crippen LogP contribution in [0.2, 0.25) is 0 Å². The largest absolute Gasteiger partial charge is 0.507 e. The Balaban J connectivity index is 1.20. The molecule has 1 saturated carbocycles. The highest BCUT2D eigenvalue weighted by Crippen LogP contribution is 2.39. The van der Waals surface area contributed by atoms with Crippen molar-refractivity contribution in [2.24, 2.45) is 11.8 Å². The second kappa shape index (κ2) is 11.1. The maximum atomic E-state index is 14.0. The second-order valence-corrected chi connectivity index (χ2v) is 11.2. The number of carbonyl (C=O) groups excluding carboxylic acids is 1. The van der Waals surface area contributed by atoms with Crippen molar-refractivity contribution in [1.82, 2.24) is 19.5 Å². The molecule has 4 aromatic rings. The van der Waals surface area contributed by atoms with Crippen LogP contribution in [0, 0.1) is 11.8 Å². The molecule has 3 heterocycles. The van der Waals surface area contributed by atoms with E-state index >= 15 is 0 Å². The van der Waals surface area contributed by atoms with Gasteiger partial charge in [-0.05, 0) is 60.7 Å². The molecule has 1 amide bonds. The summed E-state index contributed by atoms with van der Waals surface area (Å²) in [6.45, 7) is 2.34. The SMILES string of the molecule is Bc1cnn2c(NCC3CCCN(C(=O)C(c4ccccc4)C4CCCC4)C3)cc(-c3ccccc3O)nc12. The molecule has 1 aliphatic carbocycles. The summed E-state index contributed by atoms with van der Waals surface area (Å²) in [5.74, 6) is 2.09. The Kier molecular flexibility index (Phi) is 7.27. The predicted octanol–water partition coefficient (Wildman–Crippen LogP) is 3.98. The summed E-state index contributed by atoms with van der Waals surface area (Å²) in [7, 11) is 1.99. The first kappa shape index (κ1) is 25.5.